The van der Waals surface area contributed by atoms with Gasteiger partial charge in [0.25, 0.3) is 5.69 Å². The predicted molar refractivity (Wildman–Crippen MR) is 78.5 cm³/mol. The highest BCUT2D eigenvalue weighted by Gasteiger charge is 2.17. The molecule has 0 radical (unpaired) electrons. The van der Waals surface area contributed by atoms with Crippen molar-refractivity contribution >= 4 is 34.6 Å². The third-order valence-corrected chi connectivity index (χ3v) is 3.42. The van der Waals surface area contributed by atoms with Gasteiger partial charge < -0.3 is 10.4 Å². The summed E-state index contributed by atoms with van der Waals surface area (Å²) in [5.74, 6) is 0.114. The molecule has 0 aliphatic heterocycles. The van der Waals surface area contributed by atoms with Gasteiger partial charge in [0.15, 0.2) is 0 Å². The number of halogens is 2. The standard InChI is InChI=1S/C13H10Cl2N2O3/c14-9-5-11(12(17(19)20)6-10(9)15)16-7-8-3-1-2-4-13(8)18/h1-6,16,18H,7H2. The van der Waals surface area contributed by atoms with Crippen LogP contribution in [0.5, 0.6) is 5.75 Å². The lowest BCUT2D eigenvalue weighted by Gasteiger charge is -2.09. The molecule has 5 nitrogen and oxygen atoms in total. The van der Waals surface area contributed by atoms with Crippen LogP contribution in [-0.4, -0.2) is 10.0 Å². The van der Waals surface area contributed by atoms with E-state index in [1.54, 1.807) is 24.3 Å². The Labute approximate surface area is 124 Å². The minimum atomic E-state index is -0.546. The molecule has 0 atom stereocenters. The molecule has 2 rings (SSSR count). The number of nitro benzene ring substituents is 1. The second-order valence-corrected chi connectivity index (χ2v) is 4.84. The fourth-order valence-corrected chi connectivity index (χ4v) is 2.00. The lowest BCUT2D eigenvalue weighted by Crippen LogP contribution is -2.03. The second kappa shape index (κ2) is 5.98. The first-order valence-electron chi connectivity index (χ1n) is 5.63. The number of nitrogens with zero attached hydrogens (tertiary/aromatic N) is 1. The molecule has 0 spiro atoms. The average molecular weight is 313 g/mol. The van der Waals surface area contributed by atoms with Gasteiger partial charge in [0.2, 0.25) is 0 Å². The van der Waals surface area contributed by atoms with E-state index >= 15 is 0 Å². The first-order valence-corrected chi connectivity index (χ1v) is 6.39. The van der Waals surface area contributed by atoms with Crippen LogP contribution in [0, 0.1) is 10.1 Å². The number of para-hydroxylation sites is 1. The van der Waals surface area contributed by atoms with Crippen LogP contribution in [0.2, 0.25) is 10.0 Å². The van der Waals surface area contributed by atoms with Crippen LogP contribution in [0.4, 0.5) is 11.4 Å². The Hall–Kier alpha value is -1.98. The van der Waals surface area contributed by atoms with Crippen molar-refractivity contribution in [2.75, 3.05) is 5.32 Å². The summed E-state index contributed by atoms with van der Waals surface area (Å²) < 4.78 is 0. The molecular weight excluding hydrogens is 303 g/mol. The monoisotopic (exact) mass is 312 g/mol. The van der Waals surface area contributed by atoms with Gasteiger partial charge in [-0.1, -0.05) is 41.4 Å². The summed E-state index contributed by atoms with van der Waals surface area (Å²) in [6.45, 7) is 0.228. The molecule has 0 amide bonds. The largest absolute Gasteiger partial charge is 0.508 e. The molecule has 0 unspecified atom stereocenters. The van der Waals surface area contributed by atoms with E-state index in [9.17, 15) is 15.2 Å². The number of nitrogens with one attached hydrogen (secondary N) is 1. The third-order valence-electron chi connectivity index (χ3n) is 2.70. The van der Waals surface area contributed by atoms with Crippen LogP contribution < -0.4 is 5.32 Å². The number of aromatic hydroxyl groups is 1. The Kier molecular flexibility index (Phi) is 4.32. The summed E-state index contributed by atoms with van der Waals surface area (Å²) in [5, 5.41) is 23.8. The van der Waals surface area contributed by atoms with Crippen molar-refractivity contribution in [1.82, 2.24) is 0 Å². The Morgan fingerprint density at radius 3 is 2.50 bits per heavy atom. The molecule has 0 fully saturated rings. The van der Waals surface area contributed by atoms with Crippen LogP contribution in [0.3, 0.4) is 0 Å². The van der Waals surface area contributed by atoms with E-state index in [1.807, 2.05) is 0 Å². The molecule has 2 aromatic carbocycles. The normalized spacial score (nSPS) is 10.3. The van der Waals surface area contributed by atoms with E-state index in [-0.39, 0.29) is 33.7 Å². The molecule has 0 aliphatic carbocycles. The number of phenolic OH excluding ortho intramolecular Hbond substituents is 1. The fraction of sp³-hybridized carbons (Fsp3) is 0.0769. The number of phenols is 1. The predicted octanol–water partition coefficient (Wildman–Crippen LogP) is 4.22. The summed E-state index contributed by atoms with van der Waals surface area (Å²) in [4.78, 5) is 10.4. The number of hydrogen-bond acceptors (Lipinski definition) is 4. The van der Waals surface area contributed by atoms with Gasteiger partial charge in [-0.05, 0) is 12.1 Å². The van der Waals surface area contributed by atoms with Crippen LogP contribution in [0.25, 0.3) is 0 Å². The Morgan fingerprint density at radius 2 is 1.85 bits per heavy atom. The number of benzene rings is 2. The van der Waals surface area contributed by atoms with Crippen LogP contribution >= 0.6 is 23.2 Å². The fourth-order valence-electron chi connectivity index (χ4n) is 1.68. The maximum absolute atomic E-state index is 11.0. The molecule has 20 heavy (non-hydrogen) atoms. The molecule has 0 aliphatic rings. The van der Waals surface area contributed by atoms with Gasteiger partial charge in [-0.15, -0.1) is 0 Å². The number of nitro groups is 1. The molecule has 0 saturated carbocycles. The van der Waals surface area contributed by atoms with Gasteiger partial charge in [0, 0.05) is 18.2 Å². The second-order valence-electron chi connectivity index (χ2n) is 4.02. The molecule has 0 bridgehead atoms. The van der Waals surface area contributed by atoms with Gasteiger partial charge in [-0.25, -0.2) is 0 Å². The SMILES string of the molecule is O=[N+]([O-])c1cc(Cl)c(Cl)cc1NCc1ccccc1O. The summed E-state index contributed by atoms with van der Waals surface area (Å²) >= 11 is 11.6. The van der Waals surface area contributed by atoms with E-state index in [4.69, 9.17) is 23.2 Å². The van der Waals surface area contributed by atoms with Crippen molar-refractivity contribution < 1.29 is 10.0 Å². The van der Waals surface area contributed by atoms with Crippen LogP contribution in [0.1, 0.15) is 5.56 Å². The molecule has 104 valence electrons. The smallest absolute Gasteiger partial charge is 0.293 e. The summed E-state index contributed by atoms with van der Waals surface area (Å²) in [6, 6.07) is 9.30. The first kappa shape index (κ1) is 14.4. The molecule has 0 heterocycles. The van der Waals surface area contributed by atoms with E-state index in [2.05, 4.69) is 5.32 Å². The summed E-state index contributed by atoms with van der Waals surface area (Å²) in [7, 11) is 0. The molecule has 7 heteroatoms. The van der Waals surface area contributed by atoms with Crippen molar-refractivity contribution in [1.29, 1.82) is 0 Å². The molecular formula is C13H10Cl2N2O3. The number of hydrogen-bond donors (Lipinski definition) is 2. The van der Waals surface area contributed by atoms with E-state index in [1.165, 1.54) is 12.1 Å². The summed E-state index contributed by atoms with van der Waals surface area (Å²) in [6.07, 6.45) is 0. The van der Waals surface area contributed by atoms with E-state index in [0.717, 1.165) is 0 Å². The van der Waals surface area contributed by atoms with Crippen LogP contribution in [0.15, 0.2) is 36.4 Å². The molecule has 0 aromatic heterocycles. The van der Waals surface area contributed by atoms with Gasteiger partial charge >= 0.3 is 0 Å². The zero-order valence-corrected chi connectivity index (χ0v) is 11.6. The maximum Gasteiger partial charge on any atom is 0.293 e. The van der Waals surface area contributed by atoms with E-state index < -0.39 is 4.92 Å². The highest BCUT2D eigenvalue weighted by molar-refractivity contribution is 6.42. The quantitative estimate of drug-likeness (QED) is 0.654. The van der Waals surface area contributed by atoms with Crippen molar-refractivity contribution in [3.05, 3.63) is 62.1 Å². The van der Waals surface area contributed by atoms with E-state index in [0.29, 0.717) is 5.56 Å². The Morgan fingerprint density at radius 1 is 1.20 bits per heavy atom. The highest BCUT2D eigenvalue weighted by atomic mass is 35.5. The Balaban J connectivity index is 2.27. The van der Waals surface area contributed by atoms with Crippen molar-refractivity contribution in [3.63, 3.8) is 0 Å². The zero-order chi connectivity index (χ0) is 14.7. The topological polar surface area (TPSA) is 75.4 Å². The van der Waals surface area contributed by atoms with Gasteiger partial charge in [-0.2, -0.15) is 0 Å². The number of anilines is 1. The lowest BCUT2D eigenvalue weighted by atomic mass is 10.2. The highest BCUT2D eigenvalue weighted by Crippen LogP contribution is 2.34. The number of rotatable bonds is 4. The van der Waals surface area contributed by atoms with Crippen molar-refractivity contribution in [2.24, 2.45) is 0 Å². The minimum absolute atomic E-state index is 0.114. The third kappa shape index (κ3) is 3.12. The molecule has 0 saturated heterocycles. The zero-order valence-electron chi connectivity index (χ0n) is 10.1. The van der Waals surface area contributed by atoms with Crippen LogP contribution in [-0.2, 0) is 6.54 Å². The molecule has 2 N–H and O–H groups in total. The maximum atomic E-state index is 11.0. The summed E-state index contributed by atoms with van der Waals surface area (Å²) in [5.41, 5.74) is 0.690. The average Bonchev–Trinajstić information content (AvgIpc) is 2.41. The first-order chi connectivity index (χ1) is 9.49. The Bertz CT molecular complexity index is 662. The van der Waals surface area contributed by atoms with Crippen molar-refractivity contribution in [2.45, 2.75) is 6.54 Å². The van der Waals surface area contributed by atoms with Gasteiger partial charge in [0.05, 0.1) is 15.0 Å². The lowest BCUT2D eigenvalue weighted by molar-refractivity contribution is -0.383. The van der Waals surface area contributed by atoms with Gasteiger partial charge in [0.1, 0.15) is 11.4 Å². The minimum Gasteiger partial charge on any atom is -0.508 e. The molecule has 2 aromatic rings. The van der Waals surface area contributed by atoms with Crippen molar-refractivity contribution in [3.8, 4) is 5.75 Å². The van der Waals surface area contributed by atoms with Gasteiger partial charge in [-0.3, -0.25) is 10.1 Å².